The maximum absolute atomic E-state index is 12.3. The van der Waals surface area contributed by atoms with Gasteiger partial charge in [-0.2, -0.15) is 0 Å². The van der Waals surface area contributed by atoms with E-state index in [0.717, 1.165) is 21.8 Å². The fourth-order valence-electron chi connectivity index (χ4n) is 2.20. The lowest BCUT2D eigenvalue weighted by Crippen LogP contribution is -2.09. The normalized spacial score (nSPS) is 11.7. The zero-order chi connectivity index (χ0) is 16.3. The second-order valence-corrected chi connectivity index (χ2v) is 8.28. The highest BCUT2D eigenvalue weighted by Gasteiger charge is 2.14. The van der Waals surface area contributed by atoms with Crippen LogP contribution >= 0.6 is 11.8 Å². The number of benzene rings is 2. The molecule has 0 aliphatic carbocycles. The summed E-state index contributed by atoms with van der Waals surface area (Å²) < 4.78 is 24.5. The molecule has 0 spiro atoms. The van der Waals surface area contributed by atoms with Gasteiger partial charge in [0.2, 0.25) is 0 Å². The van der Waals surface area contributed by atoms with Crippen molar-refractivity contribution >= 4 is 32.6 Å². The molecule has 6 heteroatoms. The molecule has 0 saturated heterocycles. The van der Waals surface area contributed by atoms with Crippen LogP contribution in [-0.4, -0.2) is 29.9 Å². The van der Waals surface area contributed by atoms with Gasteiger partial charge in [-0.05, 0) is 31.2 Å². The van der Waals surface area contributed by atoms with E-state index in [2.05, 4.69) is 9.97 Å². The zero-order valence-electron chi connectivity index (χ0n) is 12.6. The Morgan fingerprint density at radius 2 is 1.52 bits per heavy atom. The minimum Gasteiger partial charge on any atom is -0.249 e. The molecule has 0 atom stereocenters. The van der Waals surface area contributed by atoms with Gasteiger partial charge in [0, 0.05) is 5.75 Å². The van der Waals surface area contributed by atoms with Gasteiger partial charge < -0.3 is 0 Å². The van der Waals surface area contributed by atoms with Crippen LogP contribution in [0.3, 0.4) is 0 Å². The number of hydrogen-bond donors (Lipinski definition) is 0. The number of aromatic nitrogens is 2. The molecule has 0 N–H and O–H groups in total. The van der Waals surface area contributed by atoms with Crippen LogP contribution in [0.5, 0.6) is 0 Å². The molecule has 23 heavy (non-hydrogen) atoms. The largest absolute Gasteiger partial charge is 0.249 e. The number of nitrogens with zero attached hydrogens (tertiary/aromatic N) is 2. The third kappa shape index (κ3) is 3.71. The highest BCUT2D eigenvalue weighted by Crippen LogP contribution is 2.23. The molecule has 1 aromatic heterocycles. The molecule has 0 saturated carbocycles. The Morgan fingerprint density at radius 1 is 0.913 bits per heavy atom. The fourth-order valence-corrected chi connectivity index (χ4v) is 4.83. The Hall–Kier alpha value is -1.92. The molecule has 2 aromatic carbocycles. The van der Waals surface area contributed by atoms with E-state index in [1.54, 1.807) is 24.3 Å². The van der Waals surface area contributed by atoms with Gasteiger partial charge in [0.15, 0.2) is 9.84 Å². The third-order valence-electron chi connectivity index (χ3n) is 3.39. The first-order valence-electron chi connectivity index (χ1n) is 7.20. The molecular formula is C17H16N2O2S2. The highest BCUT2D eigenvalue weighted by atomic mass is 32.2. The third-order valence-corrected chi connectivity index (χ3v) is 6.45. The molecule has 3 rings (SSSR count). The summed E-state index contributed by atoms with van der Waals surface area (Å²) in [5.74, 6) is 0.528. The minimum atomic E-state index is -3.25. The Bertz CT molecular complexity index is 926. The second-order valence-electron chi connectivity index (χ2n) is 5.08. The minimum absolute atomic E-state index is 0.0790. The number of hydrogen-bond acceptors (Lipinski definition) is 5. The van der Waals surface area contributed by atoms with Crippen LogP contribution in [0.4, 0.5) is 0 Å². The Labute approximate surface area is 139 Å². The van der Waals surface area contributed by atoms with Crippen LogP contribution in [0.1, 0.15) is 5.69 Å². The van der Waals surface area contributed by atoms with E-state index in [1.165, 1.54) is 11.8 Å². The molecule has 0 radical (unpaired) electrons. The fraction of sp³-hybridized carbons (Fsp3) is 0.176. The molecule has 0 fully saturated rings. The molecule has 0 aliphatic heterocycles. The summed E-state index contributed by atoms with van der Waals surface area (Å²) in [6.07, 6.45) is 0. The molecule has 0 unspecified atom stereocenters. The van der Waals surface area contributed by atoms with Crippen molar-refractivity contribution in [1.29, 1.82) is 0 Å². The monoisotopic (exact) mass is 344 g/mol. The molecule has 1 heterocycles. The van der Waals surface area contributed by atoms with E-state index in [-0.39, 0.29) is 5.75 Å². The number of rotatable bonds is 5. The first kappa shape index (κ1) is 16.0. The van der Waals surface area contributed by atoms with E-state index in [1.807, 2.05) is 37.3 Å². The van der Waals surface area contributed by atoms with Crippen molar-refractivity contribution in [3.63, 3.8) is 0 Å². The summed E-state index contributed by atoms with van der Waals surface area (Å²) in [5.41, 5.74) is 2.50. The second kappa shape index (κ2) is 6.68. The van der Waals surface area contributed by atoms with Crippen LogP contribution in [-0.2, 0) is 9.84 Å². The first-order valence-corrected chi connectivity index (χ1v) is 9.84. The van der Waals surface area contributed by atoms with Gasteiger partial charge in [-0.1, -0.05) is 30.3 Å². The standard InChI is InChI=1S/C17H16N2O2S2/c1-13-17(19-16-10-6-5-9-15(16)18-13)22-11-12-23(20,21)14-7-3-2-4-8-14/h2-10H,11-12H2,1H3. The Kier molecular flexibility index (Phi) is 4.63. The van der Waals surface area contributed by atoms with E-state index in [9.17, 15) is 8.42 Å². The molecule has 4 nitrogen and oxygen atoms in total. The van der Waals surface area contributed by atoms with Crippen molar-refractivity contribution in [2.75, 3.05) is 11.5 Å². The summed E-state index contributed by atoms with van der Waals surface area (Å²) in [5, 5.41) is 0.784. The van der Waals surface area contributed by atoms with Crippen molar-refractivity contribution in [3.05, 3.63) is 60.3 Å². The number of fused-ring (bicyclic) bond motifs is 1. The predicted molar refractivity (Wildman–Crippen MR) is 93.5 cm³/mol. The summed E-state index contributed by atoms with van der Waals surface area (Å²) in [4.78, 5) is 9.45. The topological polar surface area (TPSA) is 59.9 Å². The molecular weight excluding hydrogens is 328 g/mol. The van der Waals surface area contributed by atoms with Crippen LogP contribution in [0.2, 0.25) is 0 Å². The Balaban J connectivity index is 1.73. The van der Waals surface area contributed by atoms with Crippen LogP contribution in [0.15, 0.2) is 64.5 Å². The summed E-state index contributed by atoms with van der Waals surface area (Å²) in [6.45, 7) is 1.90. The van der Waals surface area contributed by atoms with Crippen molar-refractivity contribution in [2.24, 2.45) is 0 Å². The van der Waals surface area contributed by atoms with E-state index >= 15 is 0 Å². The van der Waals surface area contributed by atoms with E-state index < -0.39 is 9.84 Å². The van der Waals surface area contributed by atoms with E-state index in [0.29, 0.717) is 10.6 Å². The quantitative estimate of drug-likeness (QED) is 0.663. The van der Waals surface area contributed by atoms with Gasteiger partial charge >= 0.3 is 0 Å². The van der Waals surface area contributed by atoms with Crippen molar-refractivity contribution in [3.8, 4) is 0 Å². The maximum Gasteiger partial charge on any atom is 0.179 e. The Morgan fingerprint density at radius 3 is 2.22 bits per heavy atom. The van der Waals surface area contributed by atoms with Gasteiger partial charge in [0.05, 0.1) is 27.4 Å². The first-order chi connectivity index (χ1) is 11.1. The van der Waals surface area contributed by atoms with Gasteiger partial charge in [-0.15, -0.1) is 11.8 Å². The number of para-hydroxylation sites is 2. The summed E-state index contributed by atoms with van der Waals surface area (Å²) in [6, 6.07) is 16.2. The molecule has 118 valence electrons. The molecule has 0 amide bonds. The van der Waals surface area contributed by atoms with Gasteiger partial charge in [-0.3, -0.25) is 0 Å². The van der Waals surface area contributed by atoms with Gasteiger partial charge in [-0.25, -0.2) is 18.4 Å². The van der Waals surface area contributed by atoms with Crippen LogP contribution in [0, 0.1) is 6.92 Å². The van der Waals surface area contributed by atoms with Crippen molar-refractivity contribution in [2.45, 2.75) is 16.8 Å². The SMILES string of the molecule is Cc1nc2ccccc2nc1SCCS(=O)(=O)c1ccccc1. The number of aryl methyl sites for hydroxylation is 1. The molecule has 0 bridgehead atoms. The van der Waals surface area contributed by atoms with Crippen molar-refractivity contribution < 1.29 is 8.42 Å². The average molecular weight is 344 g/mol. The summed E-state index contributed by atoms with van der Waals surface area (Å²) in [7, 11) is -3.25. The van der Waals surface area contributed by atoms with E-state index in [4.69, 9.17) is 0 Å². The van der Waals surface area contributed by atoms with Crippen molar-refractivity contribution in [1.82, 2.24) is 9.97 Å². The van der Waals surface area contributed by atoms with Crippen LogP contribution < -0.4 is 0 Å². The zero-order valence-corrected chi connectivity index (χ0v) is 14.3. The lowest BCUT2D eigenvalue weighted by atomic mass is 10.3. The average Bonchev–Trinajstić information content (AvgIpc) is 2.56. The number of sulfone groups is 1. The molecule has 3 aromatic rings. The van der Waals surface area contributed by atoms with Gasteiger partial charge in [0.1, 0.15) is 5.03 Å². The molecule has 0 aliphatic rings. The van der Waals surface area contributed by atoms with Crippen LogP contribution in [0.25, 0.3) is 11.0 Å². The lowest BCUT2D eigenvalue weighted by Gasteiger charge is -2.07. The highest BCUT2D eigenvalue weighted by molar-refractivity contribution is 8.00. The van der Waals surface area contributed by atoms with Gasteiger partial charge in [0.25, 0.3) is 0 Å². The number of thioether (sulfide) groups is 1. The smallest absolute Gasteiger partial charge is 0.179 e. The summed E-state index contributed by atoms with van der Waals surface area (Å²) >= 11 is 1.43. The maximum atomic E-state index is 12.3. The predicted octanol–water partition coefficient (Wildman–Crippen LogP) is 3.50. The lowest BCUT2D eigenvalue weighted by molar-refractivity contribution is 0.597.